The Morgan fingerprint density at radius 2 is 1.88 bits per heavy atom. The molecule has 2 bridgehead atoms. The zero-order chi connectivity index (χ0) is 16.8. The van der Waals surface area contributed by atoms with Gasteiger partial charge in [-0.05, 0) is 43.6 Å². The quantitative estimate of drug-likeness (QED) is 0.778. The molecule has 25 heavy (non-hydrogen) atoms. The first kappa shape index (κ1) is 19.1. The predicted molar refractivity (Wildman–Crippen MR) is 102 cm³/mol. The molecule has 2 fully saturated rings. The number of carbonyl (C=O) groups excluding carboxylic acids is 1. The average Bonchev–Trinajstić information content (AvgIpc) is 2.94. The van der Waals surface area contributed by atoms with Crippen LogP contribution < -0.4 is 15.8 Å². The highest BCUT2D eigenvalue weighted by Crippen LogP contribution is 2.44. The first-order valence-electron chi connectivity index (χ1n) is 8.71. The van der Waals surface area contributed by atoms with E-state index in [0.717, 1.165) is 31.2 Å². The molecular weight excluding hydrogens is 383 g/mol. The molecule has 0 radical (unpaired) electrons. The summed E-state index contributed by atoms with van der Waals surface area (Å²) in [5.41, 5.74) is 7.23. The van der Waals surface area contributed by atoms with Crippen molar-refractivity contribution in [3.8, 4) is 5.75 Å². The monoisotopic (exact) mass is 404 g/mol. The fourth-order valence-electron chi connectivity index (χ4n) is 4.64. The third-order valence-corrected chi connectivity index (χ3v) is 6.74. The van der Waals surface area contributed by atoms with E-state index in [0.29, 0.717) is 34.2 Å². The Hall–Kier alpha value is -0.680. The van der Waals surface area contributed by atoms with Gasteiger partial charge in [0.1, 0.15) is 17.4 Å². The molecule has 2 aliphatic carbocycles. The number of ether oxygens (including phenoxy) is 1. The average molecular weight is 406 g/mol. The molecule has 3 aliphatic rings. The van der Waals surface area contributed by atoms with E-state index in [4.69, 9.17) is 33.7 Å². The lowest BCUT2D eigenvalue weighted by atomic mass is 9.65. The summed E-state index contributed by atoms with van der Waals surface area (Å²) in [6, 6.07) is 3.75. The highest BCUT2D eigenvalue weighted by atomic mass is 35.5. The summed E-state index contributed by atoms with van der Waals surface area (Å²) >= 11 is 12.2. The van der Waals surface area contributed by atoms with Crippen molar-refractivity contribution >= 4 is 41.5 Å². The van der Waals surface area contributed by atoms with Crippen LogP contribution in [-0.4, -0.2) is 18.6 Å². The van der Waals surface area contributed by atoms with Crippen LogP contribution in [0.5, 0.6) is 5.75 Å². The topological polar surface area (TPSA) is 64.4 Å². The van der Waals surface area contributed by atoms with Crippen LogP contribution in [0.25, 0.3) is 0 Å². The van der Waals surface area contributed by atoms with Crippen molar-refractivity contribution in [2.75, 3.05) is 6.61 Å². The van der Waals surface area contributed by atoms with Crippen LogP contribution in [0, 0.1) is 17.8 Å². The Morgan fingerprint density at radius 1 is 1.20 bits per heavy atom. The van der Waals surface area contributed by atoms with Gasteiger partial charge in [-0.2, -0.15) is 0 Å². The normalized spacial score (nSPS) is 33.0. The molecular formula is C18H23Cl3N2O2. The number of carbonyl (C=O) groups is 1. The van der Waals surface area contributed by atoms with Gasteiger partial charge in [0, 0.05) is 17.5 Å². The molecule has 3 unspecified atom stereocenters. The van der Waals surface area contributed by atoms with Crippen molar-refractivity contribution in [3.05, 3.63) is 27.7 Å². The molecule has 0 spiro atoms. The van der Waals surface area contributed by atoms with Gasteiger partial charge in [-0.15, -0.1) is 12.4 Å². The molecule has 0 aromatic heterocycles. The lowest BCUT2D eigenvalue weighted by molar-refractivity contribution is -0.128. The molecule has 4 rings (SSSR count). The van der Waals surface area contributed by atoms with Crippen molar-refractivity contribution in [2.45, 2.75) is 44.2 Å². The van der Waals surface area contributed by atoms with E-state index in [2.05, 4.69) is 5.32 Å². The standard InChI is InChI=1S/C18H22Cl2N2O2.ClH/c19-13-5-4-12-14(8-24-17(12)15(13)20)22-18(23)11-6-9-2-1-3-10(7-11)16(9)21;/h4-5,9-11,14,16H,1-3,6-8,21H2,(H,22,23);1H. The maximum absolute atomic E-state index is 12.8. The van der Waals surface area contributed by atoms with Crippen molar-refractivity contribution in [1.82, 2.24) is 5.32 Å². The predicted octanol–water partition coefficient (Wildman–Crippen LogP) is 4.12. The van der Waals surface area contributed by atoms with E-state index >= 15 is 0 Å². The molecule has 3 atom stereocenters. The van der Waals surface area contributed by atoms with Gasteiger partial charge in [-0.1, -0.05) is 35.7 Å². The Morgan fingerprint density at radius 3 is 2.56 bits per heavy atom. The maximum Gasteiger partial charge on any atom is 0.223 e. The number of hydrogen-bond acceptors (Lipinski definition) is 3. The smallest absolute Gasteiger partial charge is 0.223 e. The fourth-order valence-corrected chi connectivity index (χ4v) is 5.01. The molecule has 4 nitrogen and oxygen atoms in total. The molecule has 2 saturated carbocycles. The summed E-state index contributed by atoms with van der Waals surface area (Å²) in [6.45, 7) is 0.403. The van der Waals surface area contributed by atoms with E-state index in [1.807, 2.05) is 6.07 Å². The number of nitrogens with two attached hydrogens (primary N) is 1. The first-order valence-corrected chi connectivity index (χ1v) is 9.47. The lowest BCUT2D eigenvalue weighted by Crippen LogP contribution is -2.49. The minimum Gasteiger partial charge on any atom is -0.489 e. The van der Waals surface area contributed by atoms with Crippen molar-refractivity contribution in [2.24, 2.45) is 23.5 Å². The van der Waals surface area contributed by atoms with Crippen molar-refractivity contribution < 1.29 is 9.53 Å². The van der Waals surface area contributed by atoms with Crippen LogP contribution in [0.1, 0.15) is 43.7 Å². The van der Waals surface area contributed by atoms with Crippen molar-refractivity contribution in [1.29, 1.82) is 0 Å². The van der Waals surface area contributed by atoms with Gasteiger partial charge in [0.15, 0.2) is 0 Å². The second-order valence-electron chi connectivity index (χ2n) is 7.35. The Labute approximate surface area is 164 Å². The van der Waals surface area contributed by atoms with Crippen LogP contribution in [0.2, 0.25) is 10.0 Å². The summed E-state index contributed by atoms with van der Waals surface area (Å²) in [5.74, 6) is 1.76. The van der Waals surface area contributed by atoms with Crippen LogP contribution in [-0.2, 0) is 4.79 Å². The van der Waals surface area contributed by atoms with E-state index in [1.54, 1.807) is 6.07 Å². The van der Waals surface area contributed by atoms with E-state index < -0.39 is 0 Å². The zero-order valence-corrected chi connectivity index (χ0v) is 16.2. The number of rotatable bonds is 2. The number of halogens is 3. The molecule has 7 heteroatoms. The Bertz CT molecular complexity index is 656. The summed E-state index contributed by atoms with van der Waals surface area (Å²) in [6.07, 6.45) is 5.38. The molecule has 1 heterocycles. The van der Waals surface area contributed by atoms with Gasteiger partial charge in [-0.25, -0.2) is 0 Å². The Kier molecular flexibility index (Phi) is 5.74. The van der Waals surface area contributed by atoms with Crippen LogP contribution in [0.15, 0.2) is 12.1 Å². The van der Waals surface area contributed by atoms with Gasteiger partial charge in [0.25, 0.3) is 0 Å². The second kappa shape index (κ2) is 7.51. The van der Waals surface area contributed by atoms with Gasteiger partial charge < -0.3 is 15.8 Å². The van der Waals surface area contributed by atoms with E-state index in [9.17, 15) is 4.79 Å². The van der Waals surface area contributed by atoms with Crippen molar-refractivity contribution in [3.63, 3.8) is 0 Å². The van der Waals surface area contributed by atoms with Gasteiger partial charge in [-0.3, -0.25) is 4.79 Å². The summed E-state index contributed by atoms with van der Waals surface area (Å²) in [7, 11) is 0. The molecule has 138 valence electrons. The van der Waals surface area contributed by atoms with Crippen LogP contribution in [0.4, 0.5) is 0 Å². The third kappa shape index (κ3) is 3.46. The third-order valence-electron chi connectivity index (χ3n) is 5.95. The van der Waals surface area contributed by atoms with Gasteiger partial charge in [0.05, 0.1) is 11.1 Å². The van der Waals surface area contributed by atoms with E-state index in [1.165, 1.54) is 6.42 Å². The molecule has 1 aromatic carbocycles. The number of hydrogen-bond donors (Lipinski definition) is 2. The van der Waals surface area contributed by atoms with Gasteiger partial charge in [0.2, 0.25) is 5.91 Å². The Balaban J connectivity index is 0.00000182. The van der Waals surface area contributed by atoms with Gasteiger partial charge >= 0.3 is 0 Å². The second-order valence-corrected chi connectivity index (χ2v) is 8.13. The maximum atomic E-state index is 12.8. The largest absolute Gasteiger partial charge is 0.489 e. The molecule has 1 aromatic rings. The number of amides is 1. The lowest BCUT2D eigenvalue weighted by Gasteiger charge is -2.43. The first-order chi connectivity index (χ1) is 11.5. The highest BCUT2D eigenvalue weighted by molar-refractivity contribution is 6.43. The van der Waals surface area contributed by atoms with Crippen LogP contribution in [0.3, 0.4) is 0 Å². The fraction of sp³-hybridized carbons (Fsp3) is 0.611. The summed E-state index contributed by atoms with van der Waals surface area (Å²) in [5, 5.41) is 4.04. The number of benzene rings is 1. The summed E-state index contributed by atoms with van der Waals surface area (Å²) < 4.78 is 5.65. The highest BCUT2D eigenvalue weighted by Gasteiger charge is 2.41. The molecule has 1 aliphatic heterocycles. The summed E-state index contributed by atoms with van der Waals surface area (Å²) in [4.78, 5) is 12.8. The minimum atomic E-state index is -0.155. The van der Waals surface area contributed by atoms with Crippen LogP contribution >= 0.6 is 35.6 Å². The molecule has 3 N–H and O–H groups in total. The SMILES string of the molecule is Cl.NC1C2CCCC1CC(C(=O)NC1COc3c1ccc(Cl)c3Cl)C2. The minimum absolute atomic E-state index is 0. The van der Waals surface area contributed by atoms with E-state index in [-0.39, 0.29) is 36.3 Å². The molecule has 1 amide bonds. The number of nitrogens with one attached hydrogen (secondary N) is 1. The molecule has 0 saturated heterocycles. The zero-order valence-electron chi connectivity index (χ0n) is 13.8. The number of fused-ring (bicyclic) bond motifs is 3.